The van der Waals surface area contributed by atoms with Crippen molar-refractivity contribution in [3.63, 3.8) is 0 Å². The largest absolute Gasteiger partial charge is 0.496 e. The number of H-pyrrole nitrogens is 1. The van der Waals surface area contributed by atoms with Gasteiger partial charge in [-0.15, -0.1) is 0 Å². The summed E-state index contributed by atoms with van der Waals surface area (Å²) in [5.74, 6) is 2.19. The maximum atomic E-state index is 5.78. The molecule has 6 nitrogen and oxygen atoms in total. The van der Waals surface area contributed by atoms with E-state index < -0.39 is 0 Å². The lowest BCUT2D eigenvalue weighted by Crippen LogP contribution is -2.16. The number of methoxy groups -OCH3 is 1. The minimum atomic E-state index is 0.474. The van der Waals surface area contributed by atoms with Gasteiger partial charge >= 0.3 is 0 Å². The van der Waals surface area contributed by atoms with Crippen LogP contribution in [0.25, 0.3) is 11.4 Å². The van der Waals surface area contributed by atoms with E-state index in [0.29, 0.717) is 23.7 Å². The van der Waals surface area contributed by atoms with Gasteiger partial charge in [-0.1, -0.05) is 19.1 Å². The monoisotopic (exact) mass is 526 g/mol. The van der Waals surface area contributed by atoms with Gasteiger partial charge in [0.1, 0.15) is 11.5 Å². The quantitative estimate of drug-likeness (QED) is 0.369. The first-order valence-electron chi connectivity index (χ1n) is 8.70. The molecule has 0 aliphatic carbocycles. The van der Waals surface area contributed by atoms with Crippen LogP contribution in [0.4, 0.5) is 0 Å². The van der Waals surface area contributed by atoms with Crippen molar-refractivity contribution in [3.05, 3.63) is 55.7 Å². The highest BCUT2D eigenvalue weighted by atomic mass is 79.9. The number of halogens is 2. The van der Waals surface area contributed by atoms with Crippen LogP contribution in [0.3, 0.4) is 0 Å². The predicted octanol–water partition coefficient (Wildman–Crippen LogP) is 5.67. The van der Waals surface area contributed by atoms with E-state index in [-0.39, 0.29) is 0 Å². The number of hydrogen-bond acceptors (Lipinski definition) is 5. The lowest BCUT2D eigenvalue weighted by atomic mass is 10.2. The summed E-state index contributed by atoms with van der Waals surface area (Å²) >= 11 is 12.6. The van der Waals surface area contributed by atoms with E-state index in [1.165, 1.54) is 0 Å². The minimum Gasteiger partial charge on any atom is -0.496 e. The van der Waals surface area contributed by atoms with E-state index in [1.807, 2.05) is 36.4 Å². The SMILES string of the molecule is CCCOc1c(Br)cc(CNn2c(-c3ccccc3OC)n[nH]c2=S)cc1Br. The summed E-state index contributed by atoms with van der Waals surface area (Å²) in [5, 5.41) is 7.19. The third-order valence-corrected chi connectivity index (χ3v) is 5.42. The standard InChI is InChI=1S/C19H20Br2N4O2S/c1-3-8-27-17-14(20)9-12(10-15(17)21)11-22-25-18(23-24-19(25)28)13-6-4-5-7-16(13)26-2/h4-7,9-10,22H,3,8,11H2,1-2H3,(H,24,28). The zero-order chi connectivity index (χ0) is 20.1. The number of hydrogen-bond donors (Lipinski definition) is 2. The lowest BCUT2D eigenvalue weighted by molar-refractivity contribution is 0.313. The Bertz CT molecular complexity index is 996. The minimum absolute atomic E-state index is 0.474. The van der Waals surface area contributed by atoms with Gasteiger partial charge < -0.3 is 14.9 Å². The van der Waals surface area contributed by atoms with Crippen LogP contribution >= 0.6 is 44.1 Å². The molecule has 0 amide bonds. The van der Waals surface area contributed by atoms with Crippen molar-refractivity contribution < 1.29 is 9.47 Å². The number of aromatic amines is 1. The highest BCUT2D eigenvalue weighted by molar-refractivity contribution is 9.11. The Hall–Kier alpha value is -1.84. The van der Waals surface area contributed by atoms with E-state index >= 15 is 0 Å². The van der Waals surface area contributed by atoms with Crippen molar-refractivity contribution in [2.75, 3.05) is 19.1 Å². The summed E-state index contributed by atoms with van der Waals surface area (Å²) in [6, 6.07) is 11.7. The first-order valence-corrected chi connectivity index (χ1v) is 10.7. The molecule has 0 bridgehead atoms. The highest BCUT2D eigenvalue weighted by Gasteiger charge is 2.14. The van der Waals surface area contributed by atoms with Gasteiger partial charge in [-0.3, -0.25) is 0 Å². The molecule has 0 aliphatic rings. The number of rotatable bonds is 8. The van der Waals surface area contributed by atoms with Crippen LogP contribution in [0.5, 0.6) is 11.5 Å². The molecule has 0 fully saturated rings. The van der Waals surface area contributed by atoms with Gasteiger partial charge in [0.2, 0.25) is 4.77 Å². The van der Waals surface area contributed by atoms with Crippen molar-refractivity contribution in [1.29, 1.82) is 0 Å². The van der Waals surface area contributed by atoms with E-state index in [0.717, 1.165) is 38.0 Å². The van der Waals surface area contributed by atoms with Crippen LogP contribution in [0.15, 0.2) is 45.3 Å². The molecule has 3 rings (SSSR count). The molecule has 0 spiro atoms. The predicted molar refractivity (Wildman–Crippen MR) is 120 cm³/mol. The van der Waals surface area contributed by atoms with Crippen LogP contribution in [-0.4, -0.2) is 28.6 Å². The fourth-order valence-corrected chi connectivity index (χ4v) is 4.39. The Labute approximate surface area is 185 Å². The van der Waals surface area contributed by atoms with Gasteiger partial charge in [0.25, 0.3) is 0 Å². The first kappa shape index (κ1) is 20.9. The number of para-hydroxylation sites is 1. The maximum Gasteiger partial charge on any atom is 0.214 e. The van der Waals surface area contributed by atoms with Crippen molar-refractivity contribution in [2.45, 2.75) is 19.9 Å². The molecule has 0 atom stereocenters. The summed E-state index contributed by atoms with van der Waals surface area (Å²) in [6.07, 6.45) is 0.951. The maximum absolute atomic E-state index is 5.78. The van der Waals surface area contributed by atoms with Crippen LogP contribution in [-0.2, 0) is 6.54 Å². The molecular formula is C19H20Br2N4O2S. The average Bonchev–Trinajstić information content (AvgIpc) is 3.06. The molecule has 1 heterocycles. The van der Waals surface area contributed by atoms with Crippen molar-refractivity contribution >= 4 is 44.1 Å². The number of benzene rings is 2. The molecule has 9 heteroatoms. The van der Waals surface area contributed by atoms with Crippen molar-refractivity contribution in [3.8, 4) is 22.9 Å². The van der Waals surface area contributed by atoms with Crippen LogP contribution in [0.2, 0.25) is 0 Å². The molecule has 0 saturated heterocycles. The second kappa shape index (κ2) is 9.58. The zero-order valence-corrected chi connectivity index (χ0v) is 19.4. The summed E-state index contributed by atoms with van der Waals surface area (Å²) in [6.45, 7) is 3.29. The molecule has 3 aromatic rings. The van der Waals surface area contributed by atoms with E-state index in [2.05, 4.69) is 54.4 Å². The number of aromatic nitrogens is 3. The molecule has 0 radical (unpaired) electrons. The smallest absolute Gasteiger partial charge is 0.214 e. The molecule has 0 saturated carbocycles. The Balaban J connectivity index is 1.85. The molecule has 2 N–H and O–H groups in total. The van der Waals surface area contributed by atoms with Gasteiger partial charge in [0.05, 0.1) is 34.8 Å². The van der Waals surface area contributed by atoms with Crippen LogP contribution in [0.1, 0.15) is 18.9 Å². The normalized spacial score (nSPS) is 10.7. The summed E-state index contributed by atoms with van der Waals surface area (Å²) < 4.78 is 15.2. The molecule has 0 unspecified atom stereocenters. The van der Waals surface area contributed by atoms with Crippen LogP contribution in [0, 0.1) is 4.77 Å². The van der Waals surface area contributed by atoms with Gasteiger partial charge in [-0.05, 0) is 80.3 Å². The van der Waals surface area contributed by atoms with Gasteiger partial charge in [-0.2, -0.15) is 5.10 Å². The Morgan fingerprint density at radius 2 is 1.93 bits per heavy atom. The molecular weight excluding hydrogens is 508 g/mol. The number of nitrogens with zero attached hydrogens (tertiary/aromatic N) is 2. The fourth-order valence-electron chi connectivity index (χ4n) is 2.68. The Kier molecular flexibility index (Phi) is 7.14. The van der Waals surface area contributed by atoms with Gasteiger partial charge in [-0.25, -0.2) is 9.77 Å². The second-order valence-electron chi connectivity index (χ2n) is 5.96. The Morgan fingerprint density at radius 3 is 2.61 bits per heavy atom. The lowest BCUT2D eigenvalue weighted by Gasteiger charge is -2.14. The van der Waals surface area contributed by atoms with Crippen LogP contribution < -0.4 is 14.9 Å². The van der Waals surface area contributed by atoms with E-state index in [9.17, 15) is 0 Å². The molecule has 0 aliphatic heterocycles. The van der Waals surface area contributed by atoms with Gasteiger partial charge in [0, 0.05) is 0 Å². The third kappa shape index (κ3) is 4.59. The second-order valence-corrected chi connectivity index (χ2v) is 8.06. The van der Waals surface area contributed by atoms with E-state index in [1.54, 1.807) is 11.8 Å². The summed E-state index contributed by atoms with van der Waals surface area (Å²) in [5.41, 5.74) is 5.22. The molecule has 1 aromatic heterocycles. The summed E-state index contributed by atoms with van der Waals surface area (Å²) in [4.78, 5) is 0. The number of nitrogens with one attached hydrogen (secondary N) is 2. The fraction of sp³-hybridized carbons (Fsp3) is 0.263. The van der Waals surface area contributed by atoms with Crippen molar-refractivity contribution in [2.24, 2.45) is 0 Å². The third-order valence-electron chi connectivity index (χ3n) is 3.97. The molecule has 2 aromatic carbocycles. The molecule has 28 heavy (non-hydrogen) atoms. The first-order chi connectivity index (χ1) is 13.5. The number of ether oxygens (including phenoxy) is 2. The summed E-state index contributed by atoms with van der Waals surface area (Å²) in [7, 11) is 1.63. The Morgan fingerprint density at radius 1 is 1.21 bits per heavy atom. The highest BCUT2D eigenvalue weighted by Crippen LogP contribution is 2.35. The van der Waals surface area contributed by atoms with Crippen molar-refractivity contribution in [1.82, 2.24) is 14.9 Å². The zero-order valence-electron chi connectivity index (χ0n) is 15.5. The van der Waals surface area contributed by atoms with Gasteiger partial charge in [0.15, 0.2) is 5.82 Å². The molecule has 148 valence electrons. The van der Waals surface area contributed by atoms with E-state index in [4.69, 9.17) is 21.7 Å². The topological polar surface area (TPSA) is 64.1 Å². The average molecular weight is 528 g/mol.